The fourth-order valence-corrected chi connectivity index (χ4v) is 2.77. The SMILES string of the molecule is COC(C)(CCC(C)(NC(C)=O)C(=S)Oc1cccs1)OC. The van der Waals surface area contributed by atoms with Gasteiger partial charge in [0.1, 0.15) is 5.54 Å². The molecule has 7 heteroatoms. The number of ether oxygens (including phenoxy) is 3. The molecule has 0 saturated carbocycles. The zero-order chi connectivity index (χ0) is 16.8. The molecular formula is C15H23NO4S2. The summed E-state index contributed by atoms with van der Waals surface area (Å²) in [5.41, 5.74) is -0.788. The highest BCUT2D eigenvalue weighted by molar-refractivity contribution is 7.80. The zero-order valence-corrected chi connectivity index (χ0v) is 15.2. The van der Waals surface area contributed by atoms with Crippen molar-refractivity contribution in [2.45, 2.75) is 44.9 Å². The average Bonchev–Trinajstić information content (AvgIpc) is 2.97. The second kappa shape index (κ2) is 8.01. The van der Waals surface area contributed by atoms with Gasteiger partial charge in [-0.1, -0.05) is 0 Å². The summed E-state index contributed by atoms with van der Waals surface area (Å²) in [6.45, 7) is 5.14. The Kier molecular flexibility index (Phi) is 6.93. The van der Waals surface area contributed by atoms with Gasteiger partial charge < -0.3 is 19.5 Å². The van der Waals surface area contributed by atoms with Gasteiger partial charge in [-0.3, -0.25) is 4.79 Å². The smallest absolute Gasteiger partial charge is 0.217 e. The minimum absolute atomic E-state index is 0.170. The van der Waals surface area contributed by atoms with Crippen LogP contribution in [0.4, 0.5) is 0 Å². The molecule has 1 aromatic heterocycles. The molecule has 1 N–H and O–H groups in total. The Labute approximate surface area is 140 Å². The Morgan fingerprint density at radius 2 is 1.95 bits per heavy atom. The van der Waals surface area contributed by atoms with Crippen molar-refractivity contribution in [3.8, 4) is 5.06 Å². The number of methoxy groups -OCH3 is 2. The van der Waals surface area contributed by atoms with Crippen LogP contribution in [0.5, 0.6) is 5.06 Å². The van der Waals surface area contributed by atoms with E-state index in [-0.39, 0.29) is 5.91 Å². The maximum Gasteiger partial charge on any atom is 0.217 e. The lowest BCUT2D eigenvalue weighted by Gasteiger charge is -2.34. The van der Waals surface area contributed by atoms with Crippen molar-refractivity contribution in [3.63, 3.8) is 0 Å². The van der Waals surface area contributed by atoms with E-state index >= 15 is 0 Å². The molecule has 1 heterocycles. The number of thiocarbonyl (C=S) groups is 1. The van der Waals surface area contributed by atoms with E-state index in [2.05, 4.69) is 5.32 Å². The molecule has 0 radical (unpaired) electrons. The molecule has 124 valence electrons. The molecule has 0 saturated heterocycles. The van der Waals surface area contributed by atoms with E-state index in [0.717, 1.165) is 0 Å². The number of carbonyl (C=O) groups excluding carboxylic acids is 1. The van der Waals surface area contributed by atoms with Crippen molar-refractivity contribution in [1.29, 1.82) is 0 Å². The largest absolute Gasteiger partial charge is 0.437 e. The van der Waals surface area contributed by atoms with Crippen molar-refractivity contribution in [2.24, 2.45) is 0 Å². The molecule has 5 nitrogen and oxygen atoms in total. The van der Waals surface area contributed by atoms with Crippen molar-refractivity contribution in [2.75, 3.05) is 14.2 Å². The van der Waals surface area contributed by atoms with E-state index in [0.29, 0.717) is 23.0 Å². The Morgan fingerprint density at radius 1 is 1.32 bits per heavy atom. The summed E-state index contributed by atoms with van der Waals surface area (Å²) in [6, 6.07) is 3.71. The van der Waals surface area contributed by atoms with E-state index in [1.807, 2.05) is 31.4 Å². The second-order valence-electron chi connectivity index (χ2n) is 5.38. The van der Waals surface area contributed by atoms with Crippen molar-refractivity contribution < 1.29 is 19.0 Å². The minimum Gasteiger partial charge on any atom is -0.437 e. The molecule has 1 unspecified atom stereocenters. The summed E-state index contributed by atoms with van der Waals surface area (Å²) in [7, 11) is 3.17. The van der Waals surface area contributed by atoms with E-state index in [1.54, 1.807) is 14.2 Å². The topological polar surface area (TPSA) is 56.8 Å². The number of hydrogen-bond donors (Lipinski definition) is 1. The van der Waals surface area contributed by atoms with Gasteiger partial charge in [0.2, 0.25) is 5.91 Å². The third-order valence-corrected chi connectivity index (χ3v) is 4.81. The van der Waals surface area contributed by atoms with E-state index < -0.39 is 11.3 Å². The molecule has 0 aromatic carbocycles. The van der Waals surface area contributed by atoms with E-state index in [9.17, 15) is 4.79 Å². The number of thiophene rings is 1. The van der Waals surface area contributed by atoms with E-state index in [1.165, 1.54) is 18.3 Å². The summed E-state index contributed by atoms with van der Waals surface area (Å²) in [6.07, 6.45) is 1.07. The summed E-state index contributed by atoms with van der Waals surface area (Å²) in [5.74, 6) is -0.908. The van der Waals surface area contributed by atoms with E-state index in [4.69, 9.17) is 26.4 Å². The molecule has 0 aliphatic rings. The van der Waals surface area contributed by atoms with Gasteiger partial charge in [-0.05, 0) is 50.0 Å². The molecule has 0 spiro atoms. The molecule has 1 atom stereocenters. The van der Waals surface area contributed by atoms with Gasteiger partial charge in [0.05, 0.1) is 0 Å². The van der Waals surface area contributed by atoms with Gasteiger partial charge in [-0.25, -0.2) is 0 Å². The Bertz CT molecular complexity index is 500. The predicted molar refractivity (Wildman–Crippen MR) is 91.4 cm³/mol. The summed E-state index contributed by atoms with van der Waals surface area (Å²) in [4.78, 5) is 11.5. The molecule has 22 heavy (non-hydrogen) atoms. The lowest BCUT2D eigenvalue weighted by molar-refractivity contribution is -0.199. The monoisotopic (exact) mass is 345 g/mol. The van der Waals surface area contributed by atoms with Gasteiger partial charge in [0.25, 0.3) is 0 Å². The van der Waals surface area contributed by atoms with Gasteiger partial charge >= 0.3 is 0 Å². The first-order valence-electron chi connectivity index (χ1n) is 6.89. The average molecular weight is 345 g/mol. The first-order valence-corrected chi connectivity index (χ1v) is 8.18. The summed E-state index contributed by atoms with van der Waals surface area (Å²) >= 11 is 6.85. The lowest BCUT2D eigenvalue weighted by Crippen LogP contribution is -2.53. The maximum absolute atomic E-state index is 11.5. The lowest BCUT2D eigenvalue weighted by atomic mass is 9.93. The third-order valence-electron chi connectivity index (χ3n) is 3.53. The Morgan fingerprint density at radius 3 is 2.41 bits per heavy atom. The molecule has 0 bridgehead atoms. The molecule has 1 rings (SSSR count). The van der Waals surface area contributed by atoms with Crippen LogP contribution < -0.4 is 10.1 Å². The first-order chi connectivity index (χ1) is 10.2. The van der Waals surface area contributed by atoms with Crippen LogP contribution in [0, 0.1) is 0 Å². The molecular weight excluding hydrogens is 322 g/mol. The van der Waals surface area contributed by atoms with Gasteiger partial charge in [0, 0.05) is 27.6 Å². The van der Waals surface area contributed by atoms with Crippen molar-refractivity contribution in [3.05, 3.63) is 17.5 Å². The van der Waals surface area contributed by atoms with Crippen molar-refractivity contribution >= 4 is 34.5 Å². The minimum atomic E-state index is -0.788. The number of amides is 1. The second-order valence-corrected chi connectivity index (χ2v) is 6.66. The van der Waals surface area contributed by atoms with Crippen LogP contribution in [0.15, 0.2) is 17.5 Å². The Balaban J connectivity index is 2.84. The van der Waals surface area contributed by atoms with Gasteiger partial charge in [-0.15, -0.1) is 11.3 Å². The molecule has 0 aliphatic heterocycles. The van der Waals surface area contributed by atoms with Gasteiger partial charge in [-0.2, -0.15) is 0 Å². The standard InChI is InChI=1S/C15H23NO4S2/c1-11(17)16-14(2,8-9-15(3,18-4)19-5)13(21)20-12-7-6-10-22-12/h6-7,10H,8-9H2,1-5H3,(H,16,17). The summed E-state index contributed by atoms with van der Waals surface area (Å²) < 4.78 is 16.4. The van der Waals surface area contributed by atoms with Crippen LogP contribution in [0.3, 0.4) is 0 Å². The number of nitrogens with one attached hydrogen (secondary N) is 1. The molecule has 0 fully saturated rings. The summed E-state index contributed by atoms with van der Waals surface area (Å²) in [5, 5.41) is 5.80. The number of carbonyl (C=O) groups is 1. The number of rotatable bonds is 8. The number of hydrogen-bond acceptors (Lipinski definition) is 6. The highest BCUT2D eigenvalue weighted by Crippen LogP contribution is 2.27. The maximum atomic E-state index is 11.5. The van der Waals surface area contributed by atoms with Crippen LogP contribution in [0.25, 0.3) is 0 Å². The quantitative estimate of drug-likeness (QED) is 0.579. The van der Waals surface area contributed by atoms with Crippen LogP contribution in [0.2, 0.25) is 0 Å². The highest BCUT2D eigenvalue weighted by Gasteiger charge is 2.36. The predicted octanol–water partition coefficient (Wildman–Crippen LogP) is 3.14. The van der Waals surface area contributed by atoms with Crippen LogP contribution in [-0.4, -0.2) is 36.5 Å². The Hall–Kier alpha value is -1.02. The molecule has 0 aliphatic carbocycles. The van der Waals surface area contributed by atoms with Crippen LogP contribution in [-0.2, 0) is 14.3 Å². The highest BCUT2D eigenvalue weighted by atomic mass is 32.1. The van der Waals surface area contributed by atoms with Crippen LogP contribution >= 0.6 is 23.6 Å². The van der Waals surface area contributed by atoms with Crippen molar-refractivity contribution in [1.82, 2.24) is 5.32 Å². The third kappa shape index (κ3) is 5.31. The fraction of sp³-hybridized carbons (Fsp3) is 0.600. The van der Waals surface area contributed by atoms with Gasteiger partial charge in [0.15, 0.2) is 15.9 Å². The first kappa shape index (κ1) is 19.0. The fourth-order valence-electron chi connectivity index (χ4n) is 1.89. The zero-order valence-electron chi connectivity index (χ0n) is 13.6. The molecule has 1 amide bonds. The van der Waals surface area contributed by atoms with Crippen LogP contribution in [0.1, 0.15) is 33.6 Å². The molecule has 1 aromatic rings. The normalized spacial score (nSPS) is 14.2.